The first kappa shape index (κ1) is 23.2. The standard InChI is InChI=1S/C26H24ClF3N2O/c1-25(2,3)18-10-12-21-22(14-18)32(4)24(31-21)16-9-11-20(27)23(13-16)33-15-17-7-5-6-8-19(17)26(28,29)30/h5-14H,15H2,1-4H3. The van der Waals surface area contributed by atoms with Gasteiger partial charge in [0.2, 0.25) is 0 Å². The molecule has 0 spiro atoms. The second kappa shape index (κ2) is 8.41. The third-order valence-electron chi connectivity index (χ3n) is 5.64. The minimum atomic E-state index is -4.45. The molecule has 7 heteroatoms. The highest BCUT2D eigenvalue weighted by Gasteiger charge is 2.33. The van der Waals surface area contributed by atoms with Crippen LogP contribution in [0.4, 0.5) is 13.2 Å². The van der Waals surface area contributed by atoms with E-state index >= 15 is 0 Å². The molecule has 0 atom stereocenters. The zero-order valence-electron chi connectivity index (χ0n) is 18.8. The summed E-state index contributed by atoms with van der Waals surface area (Å²) in [4.78, 5) is 4.76. The second-order valence-electron chi connectivity index (χ2n) is 9.04. The monoisotopic (exact) mass is 472 g/mol. The molecule has 3 nitrogen and oxygen atoms in total. The summed E-state index contributed by atoms with van der Waals surface area (Å²) in [5.74, 6) is 1.02. The Morgan fingerprint density at radius 3 is 2.39 bits per heavy atom. The highest BCUT2D eigenvalue weighted by molar-refractivity contribution is 6.32. The number of hydrogen-bond acceptors (Lipinski definition) is 2. The molecule has 0 bridgehead atoms. The van der Waals surface area contributed by atoms with Crippen molar-refractivity contribution in [2.75, 3.05) is 0 Å². The summed E-state index contributed by atoms with van der Waals surface area (Å²) in [5, 5.41) is 0.317. The van der Waals surface area contributed by atoms with Crippen LogP contribution in [0.2, 0.25) is 5.02 Å². The summed E-state index contributed by atoms with van der Waals surface area (Å²) >= 11 is 6.29. The van der Waals surface area contributed by atoms with Gasteiger partial charge >= 0.3 is 6.18 Å². The molecule has 0 aliphatic carbocycles. The van der Waals surface area contributed by atoms with Gasteiger partial charge in [-0.05, 0) is 47.4 Å². The molecular weight excluding hydrogens is 449 g/mol. The highest BCUT2D eigenvalue weighted by atomic mass is 35.5. The fraction of sp³-hybridized carbons (Fsp3) is 0.269. The van der Waals surface area contributed by atoms with Gasteiger partial charge in [0.15, 0.2) is 0 Å². The molecule has 3 aromatic carbocycles. The van der Waals surface area contributed by atoms with Crippen molar-refractivity contribution in [2.45, 2.75) is 39.0 Å². The quantitative estimate of drug-likeness (QED) is 0.303. The zero-order valence-corrected chi connectivity index (χ0v) is 19.6. The maximum atomic E-state index is 13.3. The van der Waals surface area contributed by atoms with Crippen LogP contribution in [0.1, 0.15) is 37.5 Å². The van der Waals surface area contributed by atoms with E-state index in [1.807, 2.05) is 23.7 Å². The van der Waals surface area contributed by atoms with Crippen LogP contribution in [0, 0.1) is 0 Å². The molecule has 172 valence electrons. The molecule has 0 fully saturated rings. The van der Waals surface area contributed by atoms with Gasteiger partial charge in [-0.1, -0.05) is 56.6 Å². The van der Waals surface area contributed by atoms with Gasteiger partial charge in [0, 0.05) is 18.2 Å². The van der Waals surface area contributed by atoms with E-state index in [2.05, 4.69) is 32.9 Å². The number of nitrogens with zero attached hydrogens (tertiary/aromatic N) is 2. The fourth-order valence-corrected chi connectivity index (χ4v) is 3.92. The molecule has 0 unspecified atom stereocenters. The number of ether oxygens (including phenoxy) is 1. The minimum Gasteiger partial charge on any atom is -0.487 e. The van der Waals surface area contributed by atoms with E-state index in [0.29, 0.717) is 16.6 Å². The highest BCUT2D eigenvalue weighted by Crippen LogP contribution is 2.35. The van der Waals surface area contributed by atoms with Gasteiger partial charge in [0.1, 0.15) is 18.2 Å². The zero-order chi connectivity index (χ0) is 24.0. The number of halogens is 4. The molecule has 1 aromatic heterocycles. The van der Waals surface area contributed by atoms with Crippen LogP contribution in [0.15, 0.2) is 60.7 Å². The molecule has 33 heavy (non-hydrogen) atoms. The lowest BCUT2D eigenvalue weighted by atomic mass is 9.87. The van der Waals surface area contributed by atoms with Crippen LogP contribution >= 0.6 is 11.6 Å². The van der Waals surface area contributed by atoms with E-state index < -0.39 is 11.7 Å². The normalized spacial score (nSPS) is 12.4. The first-order valence-corrected chi connectivity index (χ1v) is 10.9. The van der Waals surface area contributed by atoms with Gasteiger partial charge < -0.3 is 9.30 Å². The SMILES string of the molecule is Cn1c(-c2ccc(Cl)c(OCc3ccccc3C(F)(F)F)c2)nc2ccc(C(C)(C)C)cc21. The number of rotatable bonds is 4. The Balaban J connectivity index is 1.67. The summed E-state index contributed by atoms with van der Waals surface area (Å²) in [7, 11) is 1.94. The predicted molar refractivity (Wildman–Crippen MR) is 126 cm³/mol. The van der Waals surface area contributed by atoms with Crippen LogP contribution < -0.4 is 4.74 Å². The maximum absolute atomic E-state index is 13.3. The third-order valence-corrected chi connectivity index (χ3v) is 5.95. The molecule has 0 radical (unpaired) electrons. The van der Waals surface area contributed by atoms with Gasteiger partial charge in [-0.15, -0.1) is 0 Å². The Hall–Kier alpha value is -2.99. The van der Waals surface area contributed by atoms with Crippen LogP contribution in [0.25, 0.3) is 22.4 Å². The van der Waals surface area contributed by atoms with Crippen molar-refractivity contribution >= 4 is 22.6 Å². The van der Waals surface area contributed by atoms with Crippen molar-refractivity contribution in [1.82, 2.24) is 9.55 Å². The molecule has 0 N–H and O–H groups in total. The largest absolute Gasteiger partial charge is 0.487 e. The number of hydrogen-bond donors (Lipinski definition) is 0. The number of benzene rings is 3. The van der Waals surface area contributed by atoms with E-state index in [9.17, 15) is 13.2 Å². The number of fused-ring (bicyclic) bond motifs is 1. The number of imidazole rings is 1. The topological polar surface area (TPSA) is 27.1 Å². The first-order chi connectivity index (χ1) is 15.4. The van der Waals surface area contributed by atoms with Crippen molar-refractivity contribution in [1.29, 1.82) is 0 Å². The molecule has 4 aromatic rings. The third kappa shape index (κ3) is 4.71. The Kier molecular flexibility index (Phi) is 5.91. The smallest absolute Gasteiger partial charge is 0.416 e. The number of aryl methyl sites for hydroxylation is 1. The lowest BCUT2D eigenvalue weighted by Gasteiger charge is -2.18. The van der Waals surface area contributed by atoms with E-state index in [0.717, 1.165) is 22.7 Å². The van der Waals surface area contributed by atoms with Crippen LogP contribution in [0.3, 0.4) is 0 Å². The summed E-state index contributed by atoms with van der Waals surface area (Å²) in [6.45, 7) is 6.22. The van der Waals surface area contributed by atoms with E-state index in [1.54, 1.807) is 18.2 Å². The van der Waals surface area contributed by atoms with Crippen LogP contribution in [0.5, 0.6) is 5.75 Å². The number of aromatic nitrogens is 2. The maximum Gasteiger partial charge on any atom is 0.416 e. The summed E-state index contributed by atoms with van der Waals surface area (Å²) < 4.78 is 47.6. The molecule has 0 saturated carbocycles. The van der Waals surface area contributed by atoms with E-state index in [1.165, 1.54) is 17.7 Å². The Labute approximate surface area is 195 Å². The Morgan fingerprint density at radius 2 is 1.70 bits per heavy atom. The lowest BCUT2D eigenvalue weighted by Crippen LogP contribution is -2.11. The van der Waals surface area contributed by atoms with Gasteiger partial charge in [0.25, 0.3) is 0 Å². The van der Waals surface area contributed by atoms with Gasteiger partial charge in [-0.25, -0.2) is 4.98 Å². The van der Waals surface area contributed by atoms with E-state index in [-0.39, 0.29) is 17.6 Å². The molecule has 4 rings (SSSR count). The van der Waals surface area contributed by atoms with Crippen molar-refractivity contribution in [2.24, 2.45) is 7.05 Å². The molecule has 0 saturated heterocycles. The summed E-state index contributed by atoms with van der Waals surface area (Å²) in [6.07, 6.45) is -4.45. The molecule has 1 heterocycles. The van der Waals surface area contributed by atoms with Gasteiger partial charge in [0.05, 0.1) is 21.6 Å². The lowest BCUT2D eigenvalue weighted by molar-refractivity contribution is -0.138. The summed E-state index contributed by atoms with van der Waals surface area (Å²) in [6, 6.07) is 16.8. The van der Waals surface area contributed by atoms with Crippen LogP contribution in [-0.4, -0.2) is 9.55 Å². The van der Waals surface area contributed by atoms with Gasteiger partial charge in [-0.2, -0.15) is 13.2 Å². The van der Waals surface area contributed by atoms with Crippen molar-refractivity contribution in [3.05, 3.63) is 82.4 Å². The molecular formula is C26H24ClF3N2O. The first-order valence-electron chi connectivity index (χ1n) is 10.5. The van der Waals surface area contributed by atoms with Gasteiger partial charge in [-0.3, -0.25) is 0 Å². The van der Waals surface area contributed by atoms with Crippen molar-refractivity contribution < 1.29 is 17.9 Å². The average Bonchev–Trinajstić information content (AvgIpc) is 3.08. The molecule has 0 amide bonds. The Bertz CT molecular complexity index is 1320. The predicted octanol–water partition coefficient (Wildman–Crippen LogP) is 7.79. The minimum absolute atomic E-state index is 0.00656. The molecule has 0 aliphatic heterocycles. The van der Waals surface area contributed by atoms with Crippen LogP contribution in [-0.2, 0) is 25.2 Å². The molecule has 0 aliphatic rings. The van der Waals surface area contributed by atoms with Crippen molar-refractivity contribution in [3.63, 3.8) is 0 Å². The van der Waals surface area contributed by atoms with Crippen molar-refractivity contribution in [3.8, 4) is 17.1 Å². The fourth-order valence-electron chi connectivity index (χ4n) is 3.75. The average molecular weight is 473 g/mol. The summed E-state index contributed by atoms with van der Waals surface area (Å²) in [5.41, 5.74) is 3.15. The Morgan fingerprint density at radius 1 is 0.970 bits per heavy atom. The second-order valence-corrected chi connectivity index (χ2v) is 9.44. The number of alkyl halides is 3. The van der Waals surface area contributed by atoms with E-state index in [4.69, 9.17) is 21.3 Å².